The van der Waals surface area contributed by atoms with Crippen LogP contribution in [-0.4, -0.2) is 23.1 Å². The fourth-order valence-corrected chi connectivity index (χ4v) is 4.24. The molecule has 0 aliphatic carbocycles. The Morgan fingerprint density at radius 3 is 2.12 bits per heavy atom. The highest BCUT2D eigenvalue weighted by Crippen LogP contribution is 2.18. The lowest BCUT2D eigenvalue weighted by atomic mass is 10.1. The molecule has 0 aliphatic heterocycles. The summed E-state index contributed by atoms with van der Waals surface area (Å²) in [6.07, 6.45) is 1.10. The lowest BCUT2D eigenvalue weighted by Crippen LogP contribution is -2.28. The van der Waals surface area contributed by atoms with Gasteiger partial charge in [-0.25, -0.2) is 25.9 Å². The largest absolute Gasteiger partial charge is 0.224 e. The minimum Gasteiger partial charge on any atom is -0.224 e. The number of hydrogen-bond donors (Lipinski definition) is 1. The molecule has 2 aromatic carbocycles. The van der Waals surface area contributed by atoms with E-state index < -0.39 is 37.5 Å². The topological polar surface area (TPSA) is 80.3 Å². The molecule has 1 atom stereocenters. The van der Waals surface area contributed by atoms with E-state index in [-0.39, 0.29) is 10.5 Å². The first-order chi connectivity index (χ1) is 11.1. The van der Waals surface area contributed by atoms with Gasteiger partial charge in [0, 0.05) is 17.9 Å². The normalized spacial score (nSPS) is 13.6. The van der Waals surface area contributed by atoms with E-state index in [0.717, 1.165) is 6.26 Å². The smallest absolute Gasteiger partial charge is 0.216 e. The molecule has 1 N–H and O–H groups in total. The molecule has 0 heterocycles. The highest BCUT2D eigenvalue weighted by atomic mass is 32.2. The molecule has 0 amide bonds. The first-order valence-electron chi connectivity index (χ1n) is 7.12. The summed E-state index contributed by atoms with van der Waals surface area (Å²) in [4.78, 5) is 0.160. The van der Waals surface area contributed by atoms with Gasteiger partial charge in [-0.05, 0) is 30.7 Å². The van der Waals surface area contributed by atoms with Crippen LogP contribution in [0.1, 0.15) is 24.1 Å². The zero-order valence-electron chi connectivity index (χ0n) is 13.2. The van der Waals surface area contributed by atoms with Crippen LogP contribution in [0.25, 0.3) is 0 Å². The molecular weight excluding hydrogens is 353 g/mol. The lowest BCUT2D eigenvalue weighted by Gasteiger charge is -2.15. The Balaban J connectivity index is 2.13. The molecule has 0 aliphatic rings. The summed E-state index contributed by atoms with van der Waals surface area (Å²) in [5.41, 5.74) is 0.698. The van der Waals surface area contributed by atoms with E-state index in [0.29, 0.717) is 5.56 Å². The van der Waals surface area contributed by atoms with Gasteiger partial charge in [0.05, 0.1) is 10.6 Å². The number of benzene rings is 2. The quantitative estimate of drug-likeness (QED) is 0.846. The maximum atomic E-state index is 13.6. The molecule has 0 fully saturated rings. The summed E-state index contributed by atoms with van der Waals surface area (Å²) in [5, 5.41) is 0. The van der Waals surface area contributed by atoms with Crippen molar-refractivity contribution in [3.63, 3.8) is 0 Å². The van der Waals surface area contributed by atoms with Gasteiger partial charge in [0.15, 0.2) is 9.84 Å². The number of hydrogen-bond acceptors (Lipinski definition) is 4. The number of sulfone groups is 1. The van der Waals surface area contributed by atoms with Gasteiger partial charge in [0.1, 0.15) is 5.82 Å². The van der Waals surface area contributed by atoms with Crippen LogP contribution in [-0.2, 0) is 25.6 Å². The average molecular weight is 371 g/mol. The maximum absolute atomic E-state index is 13.6. The van der Waals surface area contributed by atoms with Gasteiger partial charge >= 0.3 is 0 Å². The Kier molecular flexibility index (Phi) is 5.42. The maximum Gasteiger partial charge on any atom is 0.216 e. The highest BCUT2D eigenvalue weighted by molar-refractivity contribution is 7.90. The molecule has 8 heteroatoms. The van der Waals surface area contributed by atoms with E-state index >= 15 is 0 Å². The predicted molar refractivity (Wildman–Crippen MR) is 90.1 cm³/mol. The lowest BCUT2D eigenvalue weighted by molar-refractivity contribution is 0.561. The van der Waals surface area contributed by atoms with Gasteiger partial charge in [-0.3, -0.25) is 0 Å². The standard InChI is InChI=1S/C16H18FNO4S2/c1-12(13-7-9-15(10-8-13)23(2,19)20)18-24(21,22)11-14-5-3-4-6-16(14)17/h3-10,12,18H,11H2,1-2H3/t12-/m1/s1. The van der Waals surface area contributed by atoms with Gasteiger partial charge in [-0.1, -0.05) is 30.3 Å². The van der Waals surface area contributed by atoms with Crippen LogP contribution in [0.5, 0.6) is 0 Å². The summed E-state index contributed by atoms with van der Waals surface area (Å²) < 4.78 is 63.3. The second-order valence-electron chi connectivity index (χ2n) is 5.53. The molecule has 0 bridgehead atoms. The van der Waals surface area contributed by atoms with Crippen molar-refractivity contribution in [2.75, 3.05) is 6.26 Å². The van der Waals surface area contributed by atoms with Crippen molar-refractivity contribution in [3.05, 3.63) is 65.5 Å². The highest BCUT2D eigenvalue weighted by Gasteiger charge is 2.18. The molecule has 0 saturated carbocycles. The molecule has 0 aromatic heterocycles. The Labute approximate surface area is 141 Å². The van der Waals surface area contributed by atoms with Crippen molar-refractivity contribution in [1.82, 2.24) is 4.72 Å². The Morgan fingerprint density at radius 1 is 1.00 bits per heavy atom. The van der Waals surface area contributed by atoms with E-state index in [9.17, 15) is 21.2 Å². The summed E-state index contributed by atoms with van der Waals surface area (Å²) in [6.45, 7) is 1.63. The molecule has 5 nitrogen and oxygen atoms in total. The van der Waals surface area contributed by atoms with Gasteiger partial charge in [-0.15, -0.1) is 0 Å². The van der Waals surface area contributed by atoms with Crippen molar-refractivity contribution >= 4 is 19.9 Å². The van der Waals surface area contributed by atoms with Gasteiger partial charge < -0.3 is 0 Å². The summed E-state index contributed by atoms with van der Waals surface area (Å²) >= 11 is 0. The second kappa shape index (κ2) is 7.00. The van der Waals surface area contributed by atoms with Crippen molar-refractivity contribution in [1.29, 1.82) is 0 Å². The van der Waals surface area contributed by atoms with Crippen LogP contribution in [0.4, 0.5) is 4.39 Å². The third-order valence-electron chi connectivity index (χ3n) is 3.47. The molecule has 2 aromatic rings. The molecular formula is C16H18FNO4S2. The van der Waals surface area contributed by atoms with Crippen LogP contribution in [0.2, 0.25) is 0 Å². The molecule has 0 spiro atoms. The molecule has 0 radical (unpaired) electrons. The Morgan fingerprint density at radius 2 is 1.58 bits per heavy atom. The SMILES string of the molecule is C[C@@H](NS(=O)(=O)Cc1ccccc1F)c1ccc(S(C)(=O)=O)cc1. The number of rotatable bonds is 6. The first kappa shape index (κ1) is 18.6. The minimum absolute atomic E-state index is 0.0876. The average Bonchev–Trinajstić information content (AvgIpc) is 2.48. The second-order valence-corrected chi connectivity index (χ2v) is 9.30. The minimum atomic E-state index is -3.75. The number of nitrogens with one attached hydrogen (secondary N) is 1. The molecule has 2 rings (SSSR count). The van der Waals surface area contributed by atoms with E-state index in [2.05, 4.69) is 4.72 Å². The number of sulfonamides is 1. The van der Waals surface area contributed by atoms with E-state index in [1.165, 1.54) is 30.3 Å². The molecule has 0 unspecified atom stereocenters. The van der Waals surface area contributed by atoms with E-state index in [1.807, 2.05) is 0 Å². The summed E-state index contributed by atoms with van der Waals surface area (Å²) in [7, 11) is -7.06. The zero-order valence-corrected chi connectivity index (χ0v) is 14.9. The Bertz CT molecular complexity index is 923. The van der Waals surface area contributed by atoms with Crippen LogP contribution >= 0.6 is 0 Å². The Hall–Kier alpha value is -1.77. The predicted octanol–water partition coefficient (Wildman–Crippen LogP) is 2.41. The van der Waals surface area contributed by atoms with Gasteiger partial charge in [0.2, 0.25) is 10.0 Å². The molecule has 0 saturated heterocycles. The van der Waals surface area contributed by atoms with Crippen LogP contribution in [0.3, 0.4) is 0 Å². The van der Waals surface area contributed by atoms with E-state index in [4.69, 9.17) is 0 Å². The first-order valence-corrected chi connectivity index (χ1v) is 10.7. The number of halogens is 1. The monoisotopic (exact) mass is 371 g/mol. The van der Waals surface area contributed by atoms with E-state index in [1.54, 1.807) is 25.1 Å². The van der Waals surface area contributed by atoms with Gasteiger partial charge in [0.25, 0.3) is 0 Å². The van der Waals surface area contributed by atoms with Crippen molar-refractivity contribution in [2.24, 2.45) is 0 Å². The molecule has 130 valence electrons. The zero-order chi connectivity index (χ0) is 18.0. The molecule has 24 heavy (non-hydrogen) atoms. The van der Waals surface area contributed by atoms with Crippen LogP contribution < -0.4 is 4.72 Å². The fraction of sp³-hybridized carbons (Fsp3) is 0.250. The third kappa shape index (κ3) is 4.86. The summed E-state index contributed by atoms with van der Waals surface area (Å²) in [5.74, 6) is -1.04. The van der Waals surface area contributed by atoms with Crippen LogP contribution in [0, 0.1) is 5.82 Å². The van der Waals surface area contributed by atoms with Crippen molar-refractivity contribution in [2.45, 2.75) is 23.6 Å². The van der Waals surface area contributed by atoms with Gasteiger partial charge in [-0.2, -0.15) is 0 Å². The van der Waals surface area contributed by atoms with Crippen molar-refractivity contribution in [3.8, 4) is 0 Å². The fourth-order valence-electron chi connectivity index (χ4n) is 2.20. The third-order valence-corrected chi connectivity index (χ3v) is 6.00. The van der Waals surface area contributed by atoms with Crippen molar-refractivity contribution < 1.29 is 21.2 Å². The van der Waals surface area contributed by atoms with Crippen LogP contribution in [0.15, 0.2) is 53.4 Å². The summed E-state index contributed by atoms with van der Waals surface area (Å²) in [6, 6.07) is 11.1.